The van der Waals surface area contributed by atoms with Crippen LogP contribution < -0.4 is 10.6 Å². The topological polar surface area (TPSA) is 98.7 Å². The largest absolute Gasteiger partial charge is 0.479 e. The summed E-state index contributed by atoms with van der Waals surface area (Å²) in [6, 6.07) is 7.09. The number of carboxylic acids is 1. The van der Waals surface area contributed by atoms with E-state index < -0.39 is 18.1 Å². The predicted octanol–water partition coefficient (Wildman–Crippen LogP) is 0.240. The van der Waals surface area contributed by atoms with Gasteiger partial charge < -0.3 is 20.8 Å². The number of hydrogen-bond donors (Lipinski definition) is 4. The Morgan fingerprint density at radius 2 is 1.94 bits per heavy atom. The molecule has 0 aliphatic heterocycles. The molecule has 0 bridgehead atoms. The summed E-state index contributed by atoms with van der Waals surface area (Å²) in [6.07, 6.45) is -1.59. The van der Waals surface area contributed by atoms with E-state index in [1.807, 2.05) is 31.2 Å². The maximum atomic E-state index is 11.3. The number of hydrogen-bond acceptors (Lipinski definition) is 3. The molecule has 6 nitrogen and oxygen atoms in total. The van der Waals surface area contributed by atoms with E-state index in [0.717, 1.165) is 11.1 Å². The standard InChI is InChI=1S/C12H16N2O4/c1-8-4-2-3-5-9(8)6-13-12(18)14-7-10(15)11(16)17/h2-5,10,15H,6-7H2,1H3,(H,16,17)(H2,13,14,18). The fourth-order valence-electron chi connectivity index (χ4n) is 1.32. The maximum absolute atomic E-state index is 11.3. The molecular weight excluding hydrogens is 236 g/mol. The van der Waals surface area contributed by atoms with Gasteiger partial charge in [0.25, 0.3) is 0 Å². The van der Waals surface area contributed by atoms with E-state index in [2.05, 4.69) is 10.6 Å². The highest BCUT2D eigenvalue weighted by Crippen LogP contribution is 2.05. The van der Waals surface area contributed by atoms with Gasteiger partial charge in [-0.1, -0.05) is 24.3 Å². The maximum Gasteiger partial charge on any atom is 0.334 e. The number of nitrogens with one attached hydrogen (secondary N) is 2. The van der Waals surface area contributed by atoms with E-state index in [0.29, 0.717) is 6.54 Å². The second-order valence-electron chi connectivity index (χ2n) is 3.84. The number of benzene rings is 1. The summed E-state index contributed by atoms with van der Waals surface area (Å²) < 4.78 is 0. The number of aryl methyl sites for hydroxylation is 1. The van der Waals surface area contributed by atoms with Crippen molar-refractivity contribution in [3.63, 3.8) is 0 Å². The third-order valence-corrected chi connectivity index (χ3v) is 2.44. The van der Waals surface area contributed by atoms with Crippen LogP contribution in [0.3, 0.4) is 0 Å². The summed E-state index contributed by atoms with van der Waals surface area (Å²) in [7, 11) is 0. The van der Waals surface area contributed by atoms with E-state index >= 15 is 0 Å². The van der Waals surface area contributed by atoms with Gasteiger partial charge in [-0.05, 0) is 18.1 Å². The van der Waals surface area contributed by atoms with Crippen LogP contribution in [0.15, 0.2) is 24.3 Å². The first-order chi connectivity index (χ1) is 8.50. The Balaban J connectivity index is 2.34. The van der Waals surface area contributed by atoms with Crippen LogP contribution in [0.1, 0.15) is 11.1 Å². The third-order valence-electron chi connectivity index (χ3n) is 2.44. The number of carbonyl (C=O) groups is 2. The van der Waals surface area contributed by atoms with Gasteiger partial charge in [-0.2, -0.15) is 0 Å². The minimum absolute atomic E-state index is 0.324. The summed E-state index contributed by atoms with van der Waals surface area (Å²) in [5.41, 5.74) is 2.04. The first-order valence-electron chi connectivity index (χ1n) is 5.47. The van der Waals surface area contributed by atoms with Crippen molar-refractivity contribution in [1.29, 1.82) is 0 Å². The van der Waals surface area contributed by atoms with Crippen LogP contribution in [-0.4, -0.2) is 34.9 Å². The molecule has 1 rings (SSSR count). The van der Waals surface area contributed by atoms with E-state index in [1.165, 1.54) is 0 Å². The van der Waals surface area contributed by atoms with Crippen molar-refractivity contribution in [2.75, 3.05) is 6.54 Å². The fourth-order valence-corrected chi connectivity index (χ4v) is 1.32. The number of aliphatic carboxylic acids is 1. The van der Waals surface area contributed by atoms with Crippen LogP contribution in [0.2, 0.25) is 0 Å². The molecular formula is C12H16N2O4. The average Bonchev–Trinajstić information content (AvgIpc) is 2.34. The lowest BCUT2D eigenvalue weighted by Gasteiger charge is -2.10. The smallest absolute Gasteiger partial charge is 0.334 e. The van der Waals surface area contributed by atoms with Crippen molar-refractivity contribution in [2.24, 2.45) is 0 Å². The Bertz CT molecular complexity index is 434. The van der Waals surface area contributed by atoms with Crippen molar-refractivity contribution in [3.8, 4) is 0 Å². The van der Waals surface area contributed by atoms with Gasteiger partial charge in [0.1, 0.15) is 0 Å². The summed E-state index contributed by atoms with van der Waals surface area (Å²) in [4.78, 5) is 21.6. The van der Waals surface area contributed by atoms with Gasteiger partial charge in [0.2, 0.25) is 0 Å². The highest BCUT2D eigenvalue weighted by Gasteiger charge is 2.13. The molecule has 1 aromatic carbocycles. The monoisotopic (exact) mass is 252 g/mol. The lowest BCUT2D eigenvalue weighted by atomic mass is 10.1. The highest BCUT2D eigenvalue weighted by molar-refractivity contribution is 5.76. The minimum Gasteiger partial charge on any atom is -0.479 e. The van der Waals surface area contributed by atoms with Crippen LogP contribution in [0.5, 0.6) is 0 Å². The molecule has 0 aliphatic carbocycles. The Morgan fingerprint density at radius 1 is 1.28 bits per heavy atom. The molecule has 2 amide bonds. The second-order valence-corrected chi connectivity index (χ2v) is 3.84. The highest BCUT2D eigenvalue weighted by atomic mass is 16.4. The fraction of sp³-hybridized carbons (Fsp3) is 0.333. The molecule has 0 spiro atoms. The molecule has 0 saturated heterocycles. The Labute approximate surface area is 105 Å². The van der Waals surface area contributed by atoms with Crippen molar-refractivity contribution < 1.29 is 19.8 Å². The molecule has 0 heterocycles. The molecule has 0 fully saturated rings. The van der Waals surface area contributed by atoms with Gasteiger partial charge in [-0.25, -0.2) is 9.59 Å². The average molecular weight is 252 g/mol. The van der Waals surface area contributed by atoms with Crippen molar-refractivity contribution in [3.05, 3.63) is 35.4 Å². The van der Waals surface area contributed by atoms with Gasteiger partial charge >= 0.3 is 12.0 Å². The molecule has 98 valence electrons. The molecule has 1 unspecified atom stereocenters. The summed E-state index contributed by atoms with van der Waals surface area (Å²) in [5.74, 6) is -1.37. The molecule has 4 N–H and O–H groups in total. The third kappa shape index (κ3) is 4.42. The molecule has 0 saturated carbocycles. The number of carboxylic acid groups (broad SMARTS) is 1. The summed E-state index contributed by atoms with van der Waals surface area (Å²) >= 11 is 0. The van der Waals surface area contributed by atoms with E-state index in [4.69, 9.17) is 10.2 Å². The zero-order valence-electron chi connectivity index (χ0n) is 10.0. The molecule has 1 aromatic rings. The van der Waals surface area contributed by atoms with Crippen molar-refractivity contribution >= 4 is 12.0 Å². The molecule has 6 heteroatoms. The summed E-state index contributed by atoms with van der Waals surface area (Å²) in [5, 5.41) is 22.2. The van der Waals surface area contributed by atoms with Gasteiger partial charge in [-0.15, -0.1) is 0 Å². The van der Waals surface area contributed by atoms with E-state index in [1.54, 1.807) is 0 Å². The first-order valence-corrected chi connectivity index (χ1v) is 5.47. The zero-order valence-corrected chi connectivity index (χ0v) is 10.0. The molecule has 0 radical (unpaired) electrons. The number of carbonyl (C=O) groups excluding carboxylic acids is 1. The van der Waals surface area contributed by atoms with Crippen LogP contribution in [0, 0.1) is 6.92 Å². The SMILES string of the molecule is Cc1ccccc1CNC(=O)NCC(O)C(=O)O. The molecule has 18 heavy (non-hydrogen) atoms. The van der Waals surface area contributed by atoms with E-state index in [9.17, 15) is 9.59 Å². The predicted molar refractivity (Wildman–Crippen MR) is 65.1 cm³/mol. The lowest BCUT2D eigenvalue weighted by molar-refractivity contribution is -0.146. The van der Waals surface area contributed by atoms with Gasteiger partial charge in [0.05, 0.1) is 6.54 Å². The van der Waals surface area contributed by atoms with Crippen molar-refractivity contribution in [2.45, 2.75) is 19.6 Å². The number of rotatable bonds is 5. The first kappa shape index (κ1) is 14.0. The number of aliphatic hydroxyl groups is 1. The number of amides is 2. The van der Waals surface area contributed by atoms with Crippen LogP contribution in [0.4, 0.5) is 4.79 Å². The Kier molecular flexibility index (Phi) is 5.13. The normalized spacial score (nSPS) is 11.7. The Hall–Kier alpha value is -2.08. The van der Waals surface area contributed by atoms with Crippen LogP contribution >= 0.6 is 0 Å². The molecule has 1 atom stereocenters. The van der Waals surface area contributed by atoms with E-state index in [-0.39, 0.29) is 6.54 Å². The lowest BCUT2D eigenvalue weighted by Crippen LogP contribution is -2.41. The van der Waals surface area contributed by atoms with Gasteiger partial charge in [0, 0.05) is 6.54 Å². The van der Waals surface area contributed by atoms with Crippen molar-refractivity contribution in [1.82, 2.24) is 10.6 Å². The Morgan fingerprint density at radius 3 is 2.56 bits per heavy atom. The van der Waals surface area contributed by atoms with Crippen LogP contribution in [-0.2, 0) is 11.3 Å². The van der Waals surface area contributed by atoms with Crippen LogP contribution in [0.25, 0.3) is 0 Å². The zero-order chi connectivity index (χ0) is 13.5. The molecule has 0 aromatic heterocycles. The number of urea groups is 1. The second kappa shape index (κ2) is 6.61. The van der Waals surface area contributed by atoms with Gasteiger partial charge in [0.15, 0.2) is 6.10 Å². The number of aliphatic hydroxyl groups excluding tert-OH is 1. The quantitative estimate of drug-likeness (QED) is 0.603. The minimum atomic E-state index is -1.59. The molecule has 0 aliphatic rings. The summed E-state index contributed by atoms with van der Waals surface area (Å²) in [6.45, 7) is 1.96. The van der Waals surface area contributed by atoms with Gasteiger partial charge in [-0.3, -0.25) is 0 Å².